The number of halogens is 2. The van der Waals surface area contributed by atoms with Crippen molar-refractivity contribution in [2.75, 3.05) is 5.75 Å². The first-order chi connectivity index (χ1) is 15.0. The SMILES string of the molecule is C[C@H](C(=O)NC1CCCC1)N(Cc1ccccc1Cl)C(=O)CSCc1ccccc1Cl. The van der Waals surface area contributed by atoms with E-state index in [0.717, 1.165) is 36.8 Å². The van der Waals surface area contributed by atoms with E-state index >= 15 is 0 Å². The van der Waals surface area contributed by atoms with Crippen LogP contribution in [0.2, 0.25) is 10.0 Å². The molecule has 1 N–H and O–H groups in total. The number of nitrogens with one attached hydrogen (secondary N) is 1. The lowest BCUT2D eigenvalue weighted by Gasteiger charge is -2.30. The minimum Gasteiger partial charge on any atom is -0.352 e. The number of nitrogens with zero attached hydrogens (tertiary/aromatic N) is 1. The molecule has 166 valence electrons. The predicted octanol–water partition coefficient (Wildman–Crippen LogP) is 5.70. The molecular formula is C24H28Cl2N2O2S. The molecule has 1 aliphatic rings. The summed E-state index contributed by atoms with van der Waals surface area (Å²) in [7, 11) is 0. The van der Waals surface area contributed by atoms with E-state index in [4.69, 9.17) is 23.2 Å². The van der Waals surface area contributed by atoms with Gasteiger partial charge in [0.25, 0.3) is 0 Å². The van der Waals surface area contributed by atoms with Crippen molar-refractivity contribution < 1.29 is 9.59 Å². The quantitative estimate of drug-likeness (QED) is 0.502. The van der Waals surface area contributed by atoms with Gasteiger partial charge in [-0.3, -0.25) is 9.59 Å². The Kier molecular flexibility index (Phi) is 9.12. The Morgan fingerprint density at radius 3 is 2.23 bits per heavy atom. The Morgan fingerprint density at radius 2 is 1.61 bits per heavy atom. The third-order valence-corrected chi connectivity index (χ3v) is 7.31. The highest BCUT2D eigenvalue weighted by Gasteiger charge is 2.28. The smallest absolute Gasteiger partial charge is 0.242 e. The number of hydrogen-bond donors (Lipinski definition) is 1. The molecule has 2 amide bonds. The summed E-state index contributed by atoms with van der Waals surface area (Å²) in [6, 6.07) is 14.7. The van der Waals surface area contributed by atoms with Gasteiger partial charge in [-0.15, -0.1) is 11.8 Å². The van der Waals surface area contributed by atoms with Gasteiger partial charge in [0.15, 0.2) is 0 Å². The van der Waals surface area contributed by atoms with Gasteiger partial charge >= 0.3 is 0 Å². The van der Waals surface area contributed by atoms with E-state index in [1.165, 1.54) is 11.8 Å². The van der Waals surface area contributed by atoms with E-state index in [-0.39, 0.29) is 23.6 Å². The molecule has 0 spiro atoms. The highest BCUT2D eigenvalue weighted by atomic mass is 35.5. The lowest BCUT2D eigenvalue weighted by atomic mass is 10.1. The first-order valence-electron chi connectivity index (χ1n) is 10.6. The lowest BCUT2D eigenvalue weighted by Crippen LogP contribution is -2.50. The minimum absolute atomic E-state index is 0.0916. The second-order valence-electron chi connectivity index (χ2n) is 7.86. The predicted molar refractivity (Wildman–Crippen MR) is 129 cm³/mol. The van der Waals surface area contributed by atoms with E-state index in [0.29, 0.717) is 22.3 Å². The monoisotopic (exact) mass is 478 g/mol. The first-order valence-corrected chi connectivity index (χ1v) is 12.5. The molecule has 1 atom stereocenters. The zero-order chi connectivity index (χ0) is 22.2. The Labute approximate surface area is 198 Å². The second kappa shape index (κ2) is 11.8. The van der Waals surface area contributed by atoms with Crippen LogP contribution in [0.1, 0.15) is 43.7 Å². The fourth-order valence-electron chi connectivity index (χ4n) is 3.73. The van der Waals surface area contributed by atoms with Crippen molar-refractivity contribution >= 4 is 46.8 Å². The number of hydrogen-bond acceptors (Lipinski definition) is 3. The number of thioether (sulfide) groups is 1. The van der Waals surface area contributed by atoms with Gasteiger partial charge < -0.3 is 10.2 Å². The van der Waals surface area contributed by atoms with Crippen LogP contribution in [0.4, 0.5) is 0 Å². The molecule has 1 aliphatic carbocycles. The Hall–Kier alpha value is -1.69. The summed E-state index contributed by atoms with van der Waals surface area (Å²) in [4.78, 5) is 27.7. The number of benzene rings is 2. The summed E-state index contributed by atoms with van der Waals surface area (Å²) >= 11 is 14.1. The molecular weight excluding hydrogens is 451 g/mol. The molecule has 0 aromatic heterocycles. The van der Waals surface area contributed by atoms with E-state index in [1.807, 2.05) is 42.5 Å². The molecule has 1 saturated carbocycles. The maximum atomic E-state index is 13.2. The van der Waals surface area contributed by atoms with Gasteiger partial charge in [0, 0.05) is 28.4 Å². The molecule has 4 nitrogen and oxygen atoms in total. The molecule has 0 aliphatic heterocycles. The van der Waals surface area contributed by atoms with E-state index in [9.17, 15) is 9.59 Å². The maximum absolute atomic E-state index is 13.2. The van der Waals surface area contributed by atoms with Gasteiger partial charge in [-0.1, -0.05) is 72.4 Å². The molecule has 0 radical (unpaired) electrons. The number of carbonyl (C=O) groups is 2. The normalized spacial score (nSPS) is 14.9. The standard InChI is InChI=1S/C24H28Cl2N2O2S/c1-17(24(30)27-20-10-4-5-11-20)28(14-18-8-2-6-12-21(18)25)23(29)16-31-15-19-9-3-7-13-22(19)26/h2-3,6-9,12-13,17,20H,4-5,10-11,14-16H2,1H3,(H,27,30)/t17-/m1/s1. The third-order valence-electron chi connectivity index (χ3n) is 5.61. The minimum atomic E-state index is -0.578. The zero-order valence-corrected chi connectivity index (χ0v) is 20.0. The van der Waals surface area contributed by atoms with Gasteiger partial charge in [-0.2, -0.15) is 0 Å². The lowest BCUT2D eigenvalue weighted by molar-refractivity contribution is -0.138. The molecule has 0 unspecified atom stereocenters. The van der Waals surface area contributed by atoms with Crippen molar-refractivity contribution in [2.24, 2.45) is 0 Å². The molecule has 31 heavy (non-hydrogen) atoms. The van der Waals surface area contributed by atoms with Gasteiger partial charge in [0.05, 0.1) is 5.75 Å². The van der Waals surface area contributed by atoms with Gasteiger partial charge in [0.1, 0.15) is 6.04 Å². The second-order valence-corrected chi connectivity index (χ2v) is 9.66. The Balaban J connectivity index is 1.67. The van der Waals surface area contributed by atoms with E-state index < -0.39 is 6.04 Å². The topological polar surface area (TPSA) is 49.4 Å². The zero-order valence-electron chi connectivity index (χ0n) is 17.7. The Morgan fingerprint density at radius 1 is 1.03 bits per heavy atom. The summed E-state index contributed by atoms with van der Waals surface area (Å²) in [5.41, 5.74) is 1.82. The van der Waals surface area contributed by atoms with Crippen molar-refractivity contribution in [3.8, 4) is 0 Å². The van der Waals surface area contributed by atoms with Crippen molar-refractivity contribution in [1.29, 1.82) is 0 Å². The maximum Gasteiger partial charge on any atom is 0.242 e. The van der Waals surface area contributed by atoms with Crippen molar-refractivity contribution in [1.82, 2.24) is 10.2 Å². The molecule has 2 aromatic carbocycles. The Bertz CT molecular complexity index is 903. The fourth-order valence-corrected chi connectivity index (χ4v) is 5.12. The van der Waals surface area contributed by atoms with Crippen LogP contribution in [0.25, 0.3) is 0 Å². The average molecular weight is 479 g/mol. The van der Waals surface area contributed by atoms with Gasteiger partial charge in [-0.25, -0.2) is 0 Å². The third kappa shape index (κ3) is 6.90. The number of carbonyl (C=O) groups excluding carboxylic acids is 2. The van der Waals surface area contributed by atoms with Crippen LogP contribution in [0.3, 0.4) is 0 Å². The molecule has 0 heterocycles. The molecule has 0 saturated heterocycles. The van der Waals surface area contributed by atoms with Crippen LogP contribution in [-0.2, 0) is 21.9 Å². The van der Waals surface area contributed by atoms with Crippen LogP contribution in [0.5, 0.6) is 0 Å². The van der Waals surface area contributed by atoms with Crippen molar-refractivity contribution in [2.45, 2.75) is 57.0 Å². The molecule has 1 fully saturated rings. The van der Waals surface area contributed by atoms with E-state index in [2.05, 4.69) is 5.32 Å². The molecule has 0 bridgehead atoms. The van der Waals surface area contributed by atoms with Crippen LogP contribution in [0, 0.1) is 0 Å². The molecule has 2 aromatic rings. The van der Waals surface area contributed by atoms with Crippen LogP contribution < -0.4 is 5.32 Å². The van der Waals surface area contributed by atoms with Crippen LogP contribution in [0.15, 0.2) is 48.5 Å². The summed E-state index contributed by atoms with van der Waals surface area (Å²) in [5.74, 6) is 0.694. The van der Waals surface area contributed by atoms with Gasteiger partial charge in [-0.05, 0) is 43.0 Å². The largest absolute Gasteiger partial charge is 0.352 e. The fraction of sp³-hybridized carbons (Fsp3) is 0.417. The molecule has 7 heteroatoms. The average Bonchev–Trinajstić information content (AvgIpc) is 3.27. The van der Waals surface area contributed by atoms with Crippen molar-refractivity contribution in [3.63, 3.8) is 0 Å². The highest BCUT2D eigenvalue weighted by molar-refractivity contribution is 7.99. The molecule has 3 rings (SSSR count). The highest BCUT2D eigenvalue weighted by Crippen LogP contribution is 2.23. The van der Waals surface area contributed by atoms with Crippen molar-refractivity contribution in [3.05, 3.63) is 69.7 Å². The summed E-state index contributed by atoms with van der Waals surface area (Å²) in [6.07, 6.45) is 4.29. The van der Waals surface area contributed by atoms with Crippen LogP contribution >= 0.6 is 35.0 Å². The number of rotatable bonds is 9. The summed E-state index contributed by atoms with van der Waals surface area (Å²) in [5, 5.41) is 4.40. The summed E-state index contributed by atoms with van der Waals surface area (Å²) in [6.45, 7) is 2.09. The van der Waals surface area contributed by atoms with Gasteiger partial charge in [0.2, 0.25) is 11.8 Å². The van der Waals surface area contributed by atoms with E-state index in [1.54, 1.807) is 17.9 Å². The van der Waals surface area contributed by atoms with Crippen LogP contribution in [-0.4, -0.2) is 34.6 Å². The first kappa shape index (κ1) is 24.0. The number of amides is 2. The summed E-state index contributed by atoms with van der Waals surface area (Å²) < 4.78 is 0.